The Balaban J connectivity index is 2.19. The van der Waals surface area contributed by atoms with Crippen LogP contribution in [0.4, 0.5) is 17.1 Å². The van der Waals surface area contributed by atoms with Crippen LogP contribution < -0.4 is 16.6 Å². The Hall–Kier alpha value is -2.60. The van der Waals surface area contributed by atoms with Crippen molar-refractivity contribution in [3.63, 3.8) is 0 Å². The van der Waals surface area contributed by atoms with Gasteiger partial charge >= 0.3 is 0 Å². The van der Waals surface area contributed by atoms with Gasteiger partial charge in [0.2, 0.25) is 0 Å². The van der Waals surface area contributed by atoms with Crippen molar-refractivity contribution in [1.82, 2.24) is 0 Å². The third-order valence-electron chi connectivity index (χ3n) is 3.28. The highest BCUT2D eigenvalue weighted by atomic mass is 16.6. The monoisotopic (exact) mass is 286 g/mol. The minimum Gasteiger partial charge on any atom is -0.381 e. The zero-order valence-electron chi connectivity index (χ0n) is 11.8. The van der Waals surface area contributed by atoms with Crippen molar-refractivity contribution in [2.24, 2.45) is 5.84 Å². The number of aryl methyl sites for hydroxylation is 1. The highest BCUT2D eigenvalue weighted by Gasteiger charge is 2.09. The van der Waals surface area contributed by atoms with E-state index in [1.54, 1.807) is 6.07 Å². The second kappa shape index (κ2) is 6.71. The van der Waals surface area contributed by atoms with Crippen molar-refractivity contribution in [2.75, 3.05) is 10.7 Å². The molecular formula is C15H18N4O2. The fourth-order valence-electron chi connectivity index (χ4n) is 2.17. The summed E-state index contributed by atoms with van der Waals surface area (Å²) in [6.07, 6.45) is 0.947. The number of hydrazine groups is 1. The summed E-state index contributed by atoms with van der Waals surface area (Å²) in [4.78, 5) is 10.5. The zero-order chi connectivity index (χ0) is 15.2. The van der Waals surface area contributed by atoms with Gasteiger partial charge < -0.3 is 10.7 Å². The van der Waals surface area contributed by atoms with Crippen LogP contribution in [-0.4, -0.2) is 4.92 Å². The molecule has 0 radical (unpaired) electrons. The molecule has 2 aromatic carbocycles. The summed E-state index contributed by atoms with van der Waals surface area (Å²) >= 11 is 0. The van der Waals surface area contributed by atoms with Gasteiger partial charge in [0.1, 0.15) is 0 Å². The first-order valence-corrected chi connectivity index (χ1v) is 6.70. The lowest BCUT2D eigenvalue weighted by Crippen LogP contribution is -2.08. The van der Waals surface area contributed by atoms with Gasteiger partial charge in [-0.15, -0.1) is 0 Å². The molecule has 0 unspecified atom stereocenters. The fraction of sp³-hybridized carbons (Fsp3) is 0.200. The van der Waals surface area contributed by atoms with Crippen LogP contribution in [0.1, 0.15) is 18.1 Å². The fourth-order valence-corrected chi connectivity index (χ4v) is 2.17. The molecule has 0 spiro atoms. The van der Waals surface area contributed by atoms with Gasteiger partial charge in [0.25, 0.3) is 5.69 Å². The molecule has 4 N–H and O–H groups in total. The van der Waals surface area contributed by atoms with Crippen LogP contribution in [0.2, 0.25) is 0 Å². The van der Waals surface area contributed by atoms with Gasteiger partial charge in [-0.2, -0.15) is 0 Å². The summed E-state index contributed by atoms with van der Waals surface area (Å²) in [7, 11) is 0. The van der Waals surface area contributed by atoms with E-state index in [1.165, 1.54) is 23.3 Å². The predicted molar refractivity (Wildman–Crippen MR) is 84.1 cm³/mol. The number of benzene rings is 2. The quantitative estimate of drug-likeness (QED) is 0.431. The highest BCUT2D eigenvalue weighted by molar-refractivity contribution is 5.63. The summed E-state index contributed by atoms with van der Waals surface area (Å²) in [5.74, 6) is 5.34. The van der Waals surface area contributed by atoms with Crippen LogP contribution in [0.5, 0.6) is 0 Å². The summed E-state index contributed by atoms with van der Waals surface area (Å²) in [6.45, 7) is 2.71. The van der Waals surface area contributed by atoms with Gasteiger partial charge in [0, 0.05) is 24.4 Å². The first-order chi connectivity index (χ1) is 10.1. The summed E-state index contributed by atoms with van der Waals surface area (Å²) < 4.78 is 0. The molecule has 0 aliphatic heterocycles. The second-order valence-corrected chi connectivity index (χ2v) is 4.65. The number of nitro benzene ring substituents is 1. The van der Waals surface area contributed by atoms with Crippen molar-refractivity contribution >= 4 is 17.1 Å². The van der Waals surface area contributed by atoms with Crippen LogP contribution in [-0.2, 0) is 13.0 Å². The second-order valence-electron chi connectivity index (χ2n) is 4.65. The standard InChI is InChI=1S/C15H18N4O2/c1-2-11-5-3-4-6-12(11)10-17-13-7-14(18-16)9-15(8-13)19(20)21/h3-9,17-18H,2,10,16H2,1H3. The van der Waals surface area contributed by atoms with Crippen LogP contribution >= 0.6 is 0 Å². The maximum absolute atomic E-state index is 10.9. The lowest BCUT2D eigenvalue weighted by atomic mass is 10.1. The summed E-state index contributed by atoms with van der Waals surface area (Å²) in [6, 6.07) is 12.7. The van der Waals surface area contributed by atoms with Gasteiger partial charge in [-0.1, -0.05) is 31.2 Å². The van der Waals surface area contributed by atoms with Gasteiger partial charge in [0.05, 0.1) is 10.6 Å². The van der Waals surface area contributed by atoms with Gasteiger partial charge in [0.15, 0.2) is 0 Å². The average molecular weight is 286 g/mol. The highest BCUT2D eigenvalue weighted by Crippen LogP contribution is 2.24. The minimum atomic E-state index is -0.438. The molecular weight excluding hydrogens is 268 g/mol. The number of non-ortho nitro benzene ring substituents is 1. The molecule has 6 heteroatoms. The van der Waals surface area contributed by atoms with E-state index in [0.717, 1.165) is 6.42 Å². The molecule has 0 bridgehead atoms. The van der Waals surface area contributed by atoms with Crippen molar-refractivity contribution < 1.29 is 4.92 Å². The van der Waals surface area contributed by atoms with E-state index in [-0.39, 0.29) is 5.69 Å². The van der Waals surface area contributed by atoms with Crippen molar-refractivity contribution in [3.8, 4) is 0 Å². The Morgan fingerprint density at radius 3 is 2.43 bits per heavy atom. The smallest absolute Gasteiger partial charge is 0.273 e. The van der Waals surface area contributed by atoms with E-state index in [2.05, 4.69) is 23.7 Å². The number of nitrogens with two attached hydrogens (primary N) is 1. The number of rotatable bonds is 6. The lowest BCUT2D eigenvalue weighted by molar-refractivity contribution is -0.384. The normalized spacial score (nSPS) is 10.2. The van der Waals surface area contributed by atoms with Gasteiger partial charge in [-0.25, -0.2) is 0 Å². The topological polar surface area (TPSA) is 93.2 Å². The third kappa shape index (κ3) is 3.70. The molecule has 0 fully saturated rings. The van der Waals surface area contributed by atoms with Crippen LogP contribution in [0, 0.1) is 10.1 Å². The molecule has 0 atom stereocenters. The maximum atomic E-state index is 10.9. The van der Waals surface area contributed by atoms with Gasteiger partial charge in [-0.05, 0) is 23.6 Å². The molecule has 110 valence electrons. The zero-order valence-corrected chi connectivity index (χ0v) is 11.8. The van der Waals surface area contributed by atoms with Crippen molar-refractivity contribution in [2.45, 2.75) is 19.9 Å². The number of nitrogens with zero attached hydrogens (tertiary/aromatic N) is 1. The first kappa shape index (κ1) is 14.8. The van der Waals surface area contributed by atoms with Crippen molar-refractivity contribution in [1.29, 1.82) is 0 Å². The third-order valence-corrected chi connectivity index (χ3v) is 3.28. The molecule has 6 nitrogen and oxygen atoms in total. The van der Waals surface area contributed by atoms with E-state index < -0.39 is 4.92 Å². The number of hydrogen-bond donors (Lipinski definition) is 3. The molecule has 21 heavy (non-hydrogen) atoms. The number of nitrogens with one attached hydrogen (secondary N) is 2. The van der Waals surface area contributed by atoms with Crippen LogP contribution in [0.3, 0.4) is 0 Å². The molecule has 0 saturated heterocycles. The molecule has 0 saturated carbocycles. The molecule has 0 aliphatic rings. The van der Waals surface area contributed by atoms with E-state index >= 15 is 0 Å². The molecule has 2 aromatic rings. The Bertz CT molecular complexity index is 643. The Morgan fingerprint density at radius 2 is 1.81 bits per heavy atom. The first-order valence-electron chi connectivity index (χ1n) is 6.70. The minimum absolute atomic E-state index is 0.00303. The van der Waals surface area contributed by atoms with Crippen LogP contribution in [0.15, 0.2) is 42.5 Å². The molecule has 2 rings (SSSR count). The maximum Gasteiger partial charge on any atom is 0.273 e. The van der Waals surface area contributed by atoms with Crippen LogP contribution in [0.25, 0.3) is 0 Å². The molecule has 0 aliphatic carbocycles. The Kier molecular flexibility index (Phi) is 4.73. The molecule has 0 aromatic heterocycles. The van der Waals surface area contributed by atoms with E-state index in [1.807, 2.05) is 18.2 Å². The molecule has 0 amide bonds. The largest absolute Gasteiger partial charge is 0.381 e. The summed E-state index contributed by atoms with van der Waals surface area (Å²) in [5, 5.41) is 14.1. The predicted octanol–water partition coefficient (Wildman–Crippen LogP) is 3.05. The van der Waals surface area contributed by atoms with Gasteiger partial charge in [-0.3, -0.25) is 16.0 Å². The van der Waals surface area contributed by atoms with E-state index in [4.69, 9.17) is 5.84 Å². The van der Waals surface area contributed by atoms with Crippen molar-refractivity contribution in [3.05, 3.63) is 63.7 Å². The Morgan fingerprint density at radius 1 is 1.14 bits per heavy atom. The number of nitrogen functional groups attached to an aromatic ring is 1. The lowest BCUT2D eigenvalue weighted by Gasteiger charge is -2.11. The SMILES string of the molecule is CCc1ccccc1CNc1cc(NN)cc([N+](=O)[O-])c1. The van der Waals surface area contributed by atoms with E-state index in [0.29, 0.717) is 17.9 Å². The summed E-state index contributed by atoms with van der Waals surface area (Å²) in [5.41, 5.74) is 6.02. The Labute approximate surface area is 123 Å². The molecule has 0 heterocycles. The number of nitro groups is 1. The average Bonchev–Trinajstić information content (AvgIpc) is 2.52. The van der Waals surface area contributed by atoms with E-state index in [9.17, 15) is 10.1 Å². The number of anilines is 2. The number of hydrogen-bond acceptors (Lipinski definition) is 5.